The van der Waals surface area contributed by atoms with Crippen molar-refractivity contribution in [1.29, 1.82) is 0 Å². The highest BCUT2D eigenvalue weighted by molar-refractivity contribution is 5.77. The van der Waals surface area contributed by atoms with Crippen LogP contribution in [0.2, 0.25) is 0 Å². The second-order valence-electron chi connectivity index (χ2n) is 7.65. The fourth-order valence-corrected chi connectivity index (χ4v) is 3.68. The molecule has 2 heterocycles. The molecule has 162 valence electrons. The van der Waals surface area contributed by atoms with Crippen LogP contribution in [0.15, 0.2) is 108 Å². The summed E-state index contributed by atoms with van der Waals surface area (Å²) < 4.78 is 11.6. The molecule has 0 bridgehead atoms. The topological polar surface area (TPSA) is 61.0 Å². The van der Waals surface area contributed by atoms with Crippen LogP contribution in [0, 0.1) is 0 Å². The van der Waals surface area contributed by atoms with Crippen molar-refractivity contribution in [3.63, 3.8) is 0 Å². The summed E-state index contributed by atoms with van der Waals surface area (Å²) in [7, 11) is 0. The van der Waals surface area contributed by atoms with E-state index >= 15 is 0 Å². The molecular formula is C28H23N3O2. The van der Waals surface area contributed by atoms with Gasteiger partial charge in [0.25, 0.3) is 0 Å². The van der Waals surface area contributed by atoms with E-state index in [9.17, 15) is 0 Å². The quantitative estimate of drug-likeness (QED) is 0.262. The van der Waals surface area contributed by atoms with Crippen LogP contribution in [0.5, 0.6) is 5.75 Å². The normalized spacial score (nSPS) is 10.8. The van der Waals surface area contributed by atoms with Gasteiger partial charge in [-0.2, -0.15) is 4.98 Å². The highest BCUT2D eigenvalue weighted by Crippen LogP contribution is 2.34. The smallest absolute Gasteiger partial charge is 0.227 e. The first-order valence-corrected chi connectivity index (χ1v) is 11.0. The molecule has 0 N–H and O–H groups in total. The fourth-order valence-electron chi connectivity index (χ4n) is 3.68. The van der Waals surface area contributed by atoms with E-state index in [4.69, 9.17) is 9.26 Å². The Kier molecular flexibility index (Phi) is 6.20. The maximum atomic E-state index is 6.20. The summed E-state index contributed by atoms with van der Waals surface area (Å²) in [5.41, 5.74) is 5.39. The van der Waals surface area contributed by atoms with Gasteiger partial charge in [-0.25, -0.2) is 0 Å². The zero-order valence-electron chi connectivity index (χ0n) is 18.1. The number of hydrogen-bond donors (Lipinski definition) is 0. The van der Waals surface area contributed by atoms with Gasteiger partial charge in [-0.15, -0.1) is 0 Å². The molecule has 5 aromatic rings. The molecule has 0 fully saturated rings. The molecule has 3 aromatic carbocycles. The number of hydrogen-bond acceptors (Lipinski definition) is 5. The second-order valence-corrected chi connectivity index (χ2v) is 7.65. The monoisotopic (exact) mass is 433 g/mol. The average Bonchev–Trinajstić information content (AvgIpc) is 3.37. The number of aryl methyl sites for hydroxylation is 1. The lowest BCUT2D eigenvalue weighted by Gasteiger charge is -2.14. The number of rotatable bonds is 8. The lowest BCUT2D eigenvalue weighted by atomic mass is 9.98. The Hall–Kier alpha value is -4.25. The van der Waals surface area contributed by atoms with Gasteiger partial charge in [0, 0.05) is 29.9 Å². The molecule has 5 nitrogen and oxygen atoms in total. The molecule has 2 aromatic heterocycles. The van der Waals surface area contributed by atoms with E-state index in [1.54, 1.807) is 12.4 Å². The summed E-state index contributed by atoms with van der Waals surface area (Å²) in [5, 5.41) is 4.05. The molecule has 0 amide bonds. The molecule has 0 spiro atoms. The summed E-state index contributed by atoms with van der Waals surface area (Å²) in [6.45, 7) is 0.551. The number of ether oxygens (including phenoxy) is 1. The molecule has 5 heteroatoms. The van der Waals surface area contributed by atoms with Crippen LogP contribution in [-0.2, 0) is 6.42 Å². The minimum Gasteiger partial charge on any atom is -0.493 e. The third-order valence-corrected chi connectivity index (χ3v) is 5.35. The third kappa shape index (κ3) is 4.99. The Morgan fingerprint density at radius 3 is 2.24 bits per heavy atom. The van der Waals surface area contributed by atoms with Gasteiger partial charge in [0.2, 0.25) is 11.7 Å². The van der Waals surface area contributed by atoms with E-state index in [0.29, 0.717) is 24.7 Å². The van der Waals surface area contributed by atoms with Gasteiger partial charge in [0.05, 0.1) is 6.61 Å². The maximum Gasteiger partial charge on any atom is 0.227 e. The molecule has 5 rings (SSSR count). The van der Waals surface area contributed by atoms with E-state index in [1.807, 2.05) is 36.4 Å². The standard InChI is InChI=1S/C28H23N3O2/c1-3-9-21(10-4-1)23-15-16-26(25(19-23)22-11-5-2-6-12-22)32-18-8-14-27-30-28(31-33-27)24-13-7-17-29-20-24/h1-7,9-13,15-17,19-20H,8,14,18H2. The molecule has 0 unspecified atom stereocenters. The van der Waals surface area contributed by atoms with Crippen LogP contribution in [0.3, 0.4) is 0 Å². The van der Waals surface area contributed by atoms with E-state index in [0.717, 1.165) is 34.4 Å². The Labute approximate surface area is 192 Å². The van der Waals surface area contributed by atoms with Gasteiger partial charge in [0.15, 0.2) is 0 Å². The Morgan fingerprint density at radius 1 is 0.727 bits per heavy atom. The number of benzene rings is 3. The SMILES string of the molecule is c1ccc(-c2ccc(OCCCc3nc(-c4cccnc4)no3)c(-c3ccccc3)c2)cc1. The van der Waals surface area contributed by atoms with Gasteiger partial charge in [0.1, 0.15) is 5.75 Å². The van der Waals surface area contributed by atoms with Crippen molar-refractivity contribution in [3.8, 4) is 39.4 Å². The second kappa shape index (κ2) is 9.92. The van der Waals surface area contributed by atoms with Crippen LogP contribution in [0.4, 0.5) is 0 Å². The lowest BCUT2D eigenvalue weighted by Crippen LogP contribution is -2.01. The van der Waals surface area contributed by atoms with Gasteiger partial charge in [-0.3, -0.25) is 4.98 Å². The van der Waals surface area contributed by atoms with Gasteiger partial charge < -0.3 is 9.26 Å². The van der Waals surface area contributed by atoms with Crippen LogP contribution >= 0.6 is 0 Å². The molecule has 0 aliphatic carbocycles. The molecule has 0 aliphatic rings. The van der Waals surface area contributed by atoms with Crippen molar-refractivity contribution in [1.82, 2.24) is 15.1 Å². The van der Waals surface area contributed by atoms with Crippen LogP contribution in [-0.4, -0.2) is 21.7 Å². The number of aromatic nitrogens is 3. The number of nitrogens with zero attached hydrogens (tertiary/aromatic N) is 3. The third-order valence-electron chi connectivity index (χ3n) is 5.35. The lowest BCUT2D eigenvalue weighted by molar-refractivity contribution is 0.299. The van der Waals surface area contributed by atoms with Crippen molar-refractivity contribution in [2.24, 2.45) is 0 Å². The van der Waals surface area contributed by atoms with E-state index < -0.39 is 0 Å². The van der Waals surface area contributed by atoms with Crippen LogP contribution < -0.4 is 4.74 Å². The summed E-state index contributed by atoms with van der Waals surface area (Å²) in [6.07, 6.45) is 4.86. The van der Waals surface area contributed by atoms with Gasteiger partial charge in [-0.1, -0.05) is 71.9 Å². The summed E-state index contributed by atoms with van der Waals surface area (Å²) >= 11 is 0. The molecule has 0 saturated carbocycles. The molecule has 0 aliphatic heterocycles. The highest BCUT2D eigenvalue weighted by Gasteiger charge is 2.11. The van der Waals surface area contributed by atoms with Crippen LogP contribution in [0.1, 0.15) is 12.3 Å². The van der Waals surface area contributed by atoms with Crippen molar-refractivity contribution in [2.75, 3.05) is 6.61 Å². The maximum absolute atomic E-state index is 6.20. The van der Waals surface area contributed by atoms with Gasteiger partial charge in [-0.05, 0) is 47.4 Å². The van der Waals surface area contributed by atoms with Crippen molar-refractivity contribution >= 4 is 0 Å². The minimum atomic E-state index is 0.551. The summed E-state index contributed by atoms with van der Waals surface area (Å²) in [4.78, 5) is 8.56. The van der Waals surface area contributed by atoms with E-state index in [2.05, 4.69) is 69.7 Å². The largest absolute Gasteiger partial charge is 0.493 e. The Balaban J connectivity index is 1.28. The van der Waals surface area contributed by atoms with Crippen molar-refractivity contribution < 1.29 is 9.26 Å². The minimum absolute atomic E-state index is 0.551. The molecular weight excluding hydrogens is 410 g/mol. The first-order chi connectivity index (χ1) is 16.4. The Bertz CT molecular complexity index is 1300. The zero-order valence-corrected chi connectivity index (χ0v) is 18.1. The van der Waals surface area contributed by atoms with Crippen LogP contribution in [0.25, 0.3) is 33.6 Å². The first-order valence-electron chi connectivity index (χ1n) is 11.0. The predicted octanol–water partition coefficient (Wildman–Crippen LogP) is 6.48. The highest BCUT2D eigenvalue weighted by atomic mass is 16.5. The van der Waals surface area contributed by atoms with E-state index in [1.165, 1.54) is 5.56 Å². The summed E-state index contributed by atoms with van der Waals surface area (Å²) in [5.74, 6) is 2.02. The molecule has 33 heavy (non-hydrogen) atoms. The predicted molar refractivity (Wildman–Crippen MR) is 129 cm³/mol. The zero-order chi connectivity index (χ0) is 22.3. The first kappa shape index (κ1) is 20.6. The Morgan fingerprint density at radius 2 is 1.48 bits per heavy atom. The molecule has 0 saturated heterocycles. The molecule has 0 atom stereocenters. The fraction of sp³-hybridized carbons (Fsp3) is 0.107. The van der Waals surface area contributed by atoms with Gasteiger partial charge >= 0.3 is 0 Å². The molecule has 0 radical (unpaired) electrons. The van der Waals surface area contributed by atoms with Crippen molar-refractivity contribution in [2.45, 2.75) is 12.8 Å². The van der Waals surface area contributed by atoms with E-state index in [-0.39, 0.29) is 0 Å². The summed E-state index contributed by atoms with van der Waals surface area (Å²) in [6, 6.07) is 30.8. The number of pyridine rings is 1. The average molecular weight is 434 g/mol. The van der Waals surface area contributed by atoms with Crippen molar-refractivity contribution in [3.05, 3.63) is 109 Å².